The van der Waals surface area contributed by atoms with Crippen molar-refractivity contribution in [2.75, 3.05) is 41.7 Å². The number of rotatable bonds is 7. The van der Waals surface area contributed by atoms with Crippen LogP contribution in [-0.2, 0) is 0 Å². The highest BCUT2D eigenvalue weighted by Crippen LogP contribution is 2.27. The van der Waals surface area contributed by atoms with E-state index in [1.165, 1.54) is 11.3 Å². The molecule has 0 radical (unpaired) electrons. The minimum absolute atomic E-state index is 0.147. The van der Waals surface area contributed by atoms with E-state index in [0.29, 0.717) is 11.8 Å². The molecule has 0 amide bonds. The van der Waals surface area contributed by atoms with Crippen LogP contribution in [-0.4, -0.2) is 44.2 Å². The molecule has 0 bridgehead atoms. The number of fused-ring (bicyclic) bond motifs is 1. The van der Waals surface area contributed by atoms with Crippen LogP contribution in [0.15, 0.2) is 59.6 Å². The van der Waals surface area contributed by atoms with E-state index >= 15 is 0 Å². The zero-order valence-electron chi connectivity index (χ0n) is 14.9. The Kier molecular flexibility index (Phi) is 6.59. The van der Waals surface area contributed by atoms with E-state index in [4.69, 9.17) is 23.2 Å². The maximum atomic E-state index is 5.88. The van der Waals surface area contributed by atoms with Crippen molar-refractivity contribution >= 4 is 52.6 Å². The molecular weight excluding hydrogens is 365 g/mol. The van der Waals surface area contributed by atoms with E-state index in [1.54, 1.807) is 0 Å². The fraction of sp³-hybridized carbons (Fsp3) is 0.286. The van der Waals surface area contributed by atoms with Gasteiger partial charge in [-0.25, -0.2) is 0 Å². The first-order valence-electron chi connectivity index (χ1n) is 8.74. The van der Waals surface area contributed by atoms with Crippen molar-refractivity contribution in [3.63, 3.8) is 0 Å². The molecular formula is C21H23Cl2N3. The molecule has 26 heavy (non-hydrogen) atoms. The molecule has 1 aliphatic heterocycles. The number of likely N-dealkylation sites (N-methyl/N-ethyl adjacent to an activating group) is 1. The predicted octanol–water partition coefficient (Wildman–Crippen LogP) is 5.20. The summed E-state index contributed by atoms with van der Waals surface area (Å²) < 4.78 is 0. The molecule has 3 nitrogen and oxygen atoms in total. The predicted molar refractivity (Wildman–Crippen MR) is 116 cm³/mol. The number of hydrogen-bond acceptors (Lipinski definition) is 3. The Balaban J connectivity index is 1.69. The van der Waals surface area contributed by atoms with Crippen LogP contribution in [0.5, 0.6) is 0 Å². The average Bonchev–Trinajstić information content (AvgIpc) is 2.68. The molecule has 0 aliphatic carbocycles. The van der Waals surface area contributed by atoms with Crippen molar-refractivity contribution in [1.82, 2.24) is 0 Å². The second-order valence-electron chi connectivity index (χ2n) is 6.18. The molecule has 0 aromatic heterocycles. The lowest BCUT2D eigenvalue weighted by Gasteiger charge is -2.29. The van der Waals surface area contributed by atoms with E-state index in [0.717, 1.165) is 24.5 Å². The van der Waals surface area contributed by atoms with Crippen LogP contribution in [0.2, 0.25) is 0 Å². The van der Waals surface area contributed by atoms with Gasteiger partial charge in [0.25, 0.3) is 0 Å². The van der Waals surface area contributed by atoms with Gasteiger partial charge in [0.2, 0.25) is 0 Å². The Bertz CT molecular complexity index is 765. The first-order valence-corrected chi connectivity index (χ1v) is 9.81. The molecule has 136 valence electrons. The topological polar surface area (TPSA) is 18.8 Å². The van der Waals surface area contributed by atoms with Gasteiger partial charge in [-0.3, -0.25) is 4.99 Å². The number of hydrogen-bond donors (Lipinski definition) is 0. The summed E-state index contributed by atoms with van der Waals surface area (Å²) in [5.41, 5.74) is 4.52. The fourth-order valence-electron chi connectivity index (χ4n) is 3.08. The summed E-state index contributed by atoms with van der Waals surface area (Å²) in [6, 6.07) is 16.7. The van der Waals surface area contributed by atoms with E-state index in [-0.39, 0.29) is 6.04 Å². The van der Waals surface area contributed by atoms with Gasteiger partial charge in [0.1, 0.15) is 0 Å². The van der Waals surface area contributed by atoms with Crippen LogP contribution >= 0.6 is 23.2 Å². The Hall–Kier alpha value is -1.97. The zero-order valence-corrected chi connectivity index (χ0v) is 16.4. The van der Waals surface area contributed by atoms with Crippen LogP contribution in [0.3, 0.4) is 0 Å². The molecule has 1 aliphatic rings. The number of halogens is 2. The number of anilines is 2. The molecule has 2 aromatic carbocycles. The summed E-state index contributed by atoms with van der Waals surface area (Å²) in [4.78, 5) is 9.07. The molecule has 0 spiro atoms. The van der Waals surface area contributed by atoms with Crippen LogP contribution in [0.1, 0.15) is 5.56 Å². The highest BCUT2D eigenvalue weighted by atomic mass is 35.5. The van der Waals surface area contributed by atoms with Crippen LogP contribution in [0.25, 0.3) is 6.08 Å². The SMILES string of the molecule is CN1c2ccccc2C=CC1C=Nc1ccc(N(CCCl)CCCl)cc1. The average molecular weight is 388 g/mol. The summed E-state index contributed by atoms with van der Waals surface area (Å²) in [5.74, 6) is 1.16. The monoisotopic (exact) mass is 387 g/mol. The van der Waals surface area contributed by atoms with E-state index in [2.05, 4.69) is 70.4 Å². The largest absolute Gasteiger partial charge is 0.369 e. The van der Waals surface area contributed by atoms with Crippen LogP contribution in [0, 0.1) is 0 Å². The Morgan fingerprint density at radius 1 is 1.04 bits per heavy atom. The summed E-state index contributed by atoms with van der Waals surface area (Å²) in [7, 11) is 2.10. The van der Waals surface area contributed by atoms with Gasteiger partial charge in [-0.1, -0.05) is 30.4 Å². The van der Waals surface area contributed by atoms with Gasteiger partial charge >= 0.3 is 0 Å². The normalized spacial score (nSPS) is 16.1. The lowest BCUT2D eigenvalue weighted by molar-refractivity contribution is 0.874. The van der Waals surface area contributed by atoms with Crippen molar-refractivity contribution in [2.45, 2.75) is 6.04 Å². The zero-order chi connectivity index (χ0) is 18.4. The van der Waals surface area contributed by atoms with Crippen molar-refractivity contribution in [1.29, 1.82) is 0 Å². The summed E-state index contributed by atoms with van der Waals surface area (Å²) >= 11 is 11.8. The lowest BCUT2D eigenvalue weighted by Crippen LogP contribution is -2.33. The van der Waals surface area contributed by atoms with Crippen molar-refractivity contribution in [3.05, 3.63) is 60.2 Å². The lowest BCUT2D eigenvalue weighted by atomic mass is 10.0. The van der Waals surface area contributed by atoms with Gasteiger partial charge in [-0.15, -0.1) is 23.2 Å². The Labute approximate surface area is 165 Å². The molecule has 0 saturated carbocycles. The van der Waals surface area contributed by atoms with Crippen LogP contribution in [0.4, 0.5) is 17.1 Å². The highest BCUT2D eigenvalue weighted by molar-refractivity contribution is 6.18. The molecule has 1 atom stereocenters. The molecule has 1 heterocycles. The molecule has 0 fully saturated rings. The third-order valence-electron chi connectivity index (χ3n) is 4.54. The molecule has 0 saturated heterocycles. The Morgan fingerprint density at radius 2 is 1.73 bits per heavy atom. The Morgan fingerprint density at radius 3 is 2.42 bits per heavy atom. The summed E-state index contributed by atoms with van der Waals surface area (Å²) in [5, 5.41) is 0. The third kappa shape index (κ3) is 4.40. The number of alkyl halides is 2. The van der Waals surface area contributed by atoms with Crippen molar-refractivity contribution in [2.24, 2.45) is 4.99 Å². The maximum Gasteiger partial charge on any atom is 0.0828 e. The van der Waals surface area contributed by atoms with Gasteiger partial charge in [-0.05, 0) is 35.9 Å². The quantitative estimate of drug-likeness (QED) is 0.479. The molecule has 1 unspecified atom stereocenters. The number of para-hydroxylation sites is 1. The van der Waals surface area contributed by atoms with Crippen molar-refractivity contribution in [3.8, 4) is 0 Å². The smallest absolute Gasteiger partial charge is 0.0828 e. The van der Waals surface area contributed by atoms with Gasteiger partial charge in [0, 0.05) is 49.5 Å². The maximum absolute atomic E-state index is 5.88. The second-order valence-corrected chi connectivity index (χ2v) is 6.93. The van der Waals surface area contributed by atoms with Gasteiger partial charge in [0.05, 0.1) is 11.7 Å². The molecule has 5 heteroatoms. The summed E-state index contributed by atoms with van der Waals surface area (Å²) in [6.45, 7) is 1.57. The van der Waals surface area contributed by atoms with Crippen molar-refractivity contribution < 1.29 is 0 Å². The van der Waals surface area contributed by atoms with E-state index in [1.807, 2.05) is 18.3 Å². The summed E-state index contributed by atoms with van der Waals surface area (Å²) in [6.07, 6.45) is 6.31. The molecule has 2 aromatic rings. The number of nitrogens with zero attached hydrogens (tertiary/aromatic N) is 3. The molecule has 3 rings (SSSR count). The minimum atomic E-state index is 0.147. The fourth-order valence-corrected chi connectivity index (χ4v) is 3.49. The van der Waals surface area contributed by atoms with E-state index in [9.17, 15) is 0 Å². The number of benzene rings is 2. The first-order chi connectivity index (χ1) is 12.7. The van der Waals surface area contributed by atoms with Crippen LogP contribution < -0.4 is 9.80 Å². The molecule has 0 N–H and O–H groups in total. The third-order valence-corrected chi connectivity index (χ3v) is 4.88. The second kappa shape index (κ2) is 9.11. The van der Waals surface area contributed by atoms with E-state index < -0.39 is 0 Å². The first kappa shape index (κ1) is 18.8. The standard InChI is InChI=1S/C21H23Cl2N3/c1-25-20(9-6-17-4-2-3-5-21(17)25)16-24-18-7-10-19(11-8-18)26(14-12-22)15-13-23/h2-11,16,20H,12-15H2,1H3. The minimum Gasteiger partial charge on any atom is -0.369 e. The van der Waals surface area contributed by atoms with Gasteiger partial charge in [-0.2, -0.15) is 0 Å². The van der Waals surface area contributed by atoms with Gasteiger partial charge in [0.15, 0.2) is 0 Å². The van der Waals surface area contributed by atoms with Gasteiger partial charge < -0.3 is 9.80 Å². The highest BCUT2D eigenvalue weighted by Gasteiger charge is 2.16. The number of aliphatic imine (C=N–C) groups is 1.